The summed E-state index contributed by atoms with van der Waals surface area (Å²) in [5, 5.41) is 0. The molecule has 0 saturated carbocycles. The zero-order valence-electron chi connectivity index (χ0n) is 25.1. The monoisotopic (exact) mass is 579 g/mol. The molecule has 2 aromatic carbocycles. The molecule has 0 N–H and O–H groups in total. The minimum absolute atomic E-state index is 0.0680. The normalized spacial score (nSPS) is 27.2. The molecule has 5 rings (SSSR count). The summed E-state index contributed by atoms with van der Waals surface area (Å²) in [7, 11) is 3.31. The van der Waals surface area contributed by atoms with E-state index in [1.165, 1.54) is 20.8 Å². The number of carbonyl (C=O) groups is 3. The molecule has 4 bridgehead atoms. The van der Waals surface area contributed by atoms with Crippen LogP contribution in [0.25, 0.3) is 11.1 Å². The van der Waals surface area contributed by atoms with E-state index in [2.05, 4.69) is 29.2 Å². The van der Waals surface area contributed by atoms with Gasteiger partial charge in [0.15, 0.2) is 6.10 Å². The Labute approximate surface area is 247 Å². The molecular weight excluding hydrogens is 538 g/mol. The Morgan fingerprint density at radius 3 is 2.10 bits per heavy atom. The standard InChI is InChI=1S/C33H41NO8/c1-19(35)40-25-12-9-22-10-13-30(38-4)26(15-22)27-16-23(11-14-31(27)39-5)29-18-32(41-20(2)36)33(42-21(3)37)28-8-6-7-24(17-25)34(28)29/h10-11,13-16,24-25,28-29,32-33H,6-9,12,17-18H2,1-5H3/t24-,25+,28-,29+,32+,33-/m0/s1. The number of hydrogen-bond acceptors (Lipinski definition) is 9. The molecule has 0 aliphatic carbocycles. The smallest absolute Gasteiger partial charge is 0.303 e. The van der Waals surface area contributed by atoms with Crippen molar-refractivity contribution < 1.29 is 38.1 Å². The number of nitrogens with zero attached hydrogens (tertiary/aromatic N) is 1. The molecule has 0 aromatic heterocycles. The molecule has 0 amide bonds. The highest BCUT2D eigenvalue weighted by atomic mass is 16.6. The third-order valence-electron chi connectivity index (χ3n) is 8.81. The molecule has 3 aliphatic rings. The summed E-state index contributed by atoms with van der Waals surface area (Å²) < 4.78 is 29.2. The SMILES string of the molecule is COc1ccc2cc1-c1cc(ccc1OC)[C@H]1C[C@@H](OC(C)=O)[C@@H](OC(C)=O)[C@@H]3CCC[C@@H](C[C@H](OC(C)=O)CC2)N13. The first-order valence-corrected chi connectivity index (χ1v) is 14.8. The summed E-state index contributed by atoms with van der Waals surface area (Å²) in [4.78, 5) is 39.2. The number of carbonyl (C=O) groups excluding carboxylic acids is 3. The van der Waals surface area contributed by atoms with Crippen molar-refractivity contribution in [2.24, 2.45) is 0 Å². The number of benzene rings is 2. The van der Waals surface area contributed by atoms with Gasteiger partial charge < -0.3 is 23.7 Å². The molecule has 0 spiro atoms. The minimum Gasteiger partial charge on any atom is -0.496 e. The van der Waals surface area contributed by atoms with E-state index >= 15 is 0 Å². The molecule has 0 unspecified atom stereocenters. The third kappa shape index (κ3) is 6.26. The quantitative estimate of drug-likeness (QED) is 0.351. The van der Waals surface area contributed by atoms with Crippen molar-refractivity contribution in [3.63, 3.8) is 0 Å². The van der Waals surface area contributed by atoms with Crippen LogP contribution in [0.1, 0.15) is 76.5 Å². The lowest BCUT2D eigenvalue weighted by Crippen LogP contribution is -2.62. The fourth-order valence-corrected chi connectivity index (χ4v) is 7.25. The molecule has 9 nitrogen and oxygen atoms in total. The first-order chi connectivity index (χ1) is 20.2. The topological polar surface area (TPSA) is 101 Å². The van der Waals surface area contributed by atoms with Crippen LogP contribution >= 0.6 is 0 Å². The fourth-order valence-electron chi connectivity index (χ4n) is 7.25. The number of esters is 3. The van der Waals surface area contributed by atoms with Crippen LogP contribution < -0.4 is 9.47 Å². The number of ether oxygens (including phenoxy) is 5. The van der Waals surface area contributed by atoms with Gasteiger partial charge in [0.05, 0.1) is 20.3 Å². The van der Waals surface area contributed by atoms with Gasteiger partial charge in [-0.2, -0.15) is 0 Å². The number of hydrogen-bond donors (Lipinski definition) is 0. The number of rotatable bonds is 5. The lowest BCUT2D eigenvalue weighted by molar-refractivity contribution is -0.192. The molecule has 226 valence electrons. The lowest BCUT2D eigenvalue weighted by Gasteiger charge is -2.54. The second kappa shape index (κ2) is 12.7. The summed E-state index contributed by atoms with van der Waals surface area (Å²) in [5.74, 6) is 0.338. The van der Waals surface area contributed by atoms with Crippen LogP contribution in [0.4, 0.5) is 0 Å². The second-order valence-corrected chi connectivity index (χ2v) is 11.6. The van der Waals surface area contributed by atoms with E-state index in [-0.39, 0.29) is 30.2 Å². The Kier molecular flexibility index (Phi) is 9.06. The maximum Gasteiger partial charge on any atom is 0.303 e. The van der Waals surface area contributed by atoms with Crippen molar-refractivity contribution in [3.05, 3.63) is 47.5 Å². The van der Waals surface area contributed by atoms with Crippen molar-refractivity contribution >= 4 is 17.9 Å². The van der Waals surface area contributed by atoms with Crippen LogP contribution in [0.5, 0.6) is 11.5 Å². The minimum atomic E-state index is -0.597. The van der Waals surface area contributed by atoms with Gasteiger partial charge in [0.1, 0.15) is 23.7 Å². The van der Waals surface area contributed by atoms with Gasteiger partial charge in [-0.05, 0) is 67.5 Å². The summed E-state index contributed by atoms with van der Waals surface area (Å²) in [6.45, 7) is 4.24. The molecule has 2 aromatic rings. The van der Waals surface area contributed by atoms with Gasteiger partial charge in [-0.1, -0.05) is 18.6 Å². The predicted octanol–water partition coefficient (Wildman–Crippen LogP) is 5.17. The van der Waals surface area contributed by atoms with E-state index in [9.17, 15) is 14.4 Å². The highest BCUT2D eigenvalue weighted by Crippen LogP contribution is 2.47. The Hall–Kier alpha value is -3.59. The molecule has 3 aliphatic heterocycles. The molecule has 2 saturated heterocycles. The third-order valence-corrected chi connectivity index (χ3v) is 8.81. The summed E-state index contributed by atoms with van der Waals surface area (Å²) in [6.07, 6.45) is 3.65. The average Bonchev–Trinajstić information content (AvgIpc) is 2.95. The molecule has 6 atom stereocenters. The first kappa shape index (κ1) is 29.9. The van der Waals surface area contributed by atoms with Crippen LogP contribution in [0, 0.1) is 0 Å². The molecule has 9 heteroatoms. The van der Waals surface area contributed by atoms with Crippen molar-refractivity contribution in [1.29, 1.82) is 0 Å². The van der Waals surface area contributed by atoms with Gasteiger partial charge in [-0.25, -0.2) is 0 Å². The van der Waals surface area contributed by atoms with Crippen LogP contribution in [0.3, 0.4) is 0 Å². The maximum atomic E-state index is 12.3. The fraction of sp³-hybridized carbons (Fsp3) is 0.545. The maximum absolute atomic E-state index is 12.3. The average molecular weight is 580 g/mol. The molecule has 42 heavy (non-hydrogen) atoms. The Balaban J connectivity index is 1.69. The van der Waals surface area contributed by atoms with E-state index in [4.69, 9.17) is 23.7 Å². The summed E-state index contributed by atoms with van der Waals surface area (Å²) in [5.41, 5.74) is 3.96. The van der Waals surface area contributed by atoms with Crippen LogP contribution in [-0.4, -0.2) is 67.4 Å². The van der Waals surface area contributed by atoms with E-state index in [1.807, 2.05) is 12.1 Å². The van der Waals surface area contributed by atoms with Gasteiger partial charge in [0, 0.05) is 50.4 Å². The van der Waals surface area contributed by atoms with E-state index in [0.29, 0.717) is 19.3 Å². The highest BCUT2D eigenvalue weighted by molar-refractivity contribution is 5.77. The Morgan fingerprint density at radius 1 is 0.762 bits per heavy atom. The number of aryl methyl sites for hydroxylation is 1. The summed E-state index contributed by atoms with van der Waals surface area (Å²) >= 11 is 0. The Morgan fingerprint density at radius 2 is 1.43 bits per heavy atom. The lowest BCUT2D eigenvalue weighted by atomic mass is 9.78. The van der Waals surface area contributed by atoms with E-state index in [0.717, 1.165) is 59.4 Å². The van der Waals surface area contributed by atoms with Crippen LogP contribution in [0.2, 0.25) is 0 Å². The second-order valence-electron chi connectivity index (χ2n) is 11.6. The van der Waals surface area contributed by atoms with Crippen molar-refractivity contribution in [2.75, 3.05) is 14.2 Å². The van der Waals surface area contributed by atoms with Crippen LogP contribution in [-0.2, 0) is 35.0 Å². The molecular formula is C33H41NO8. The zero-order chi connectivity index (χ0) is 30.0. The first-order valence-electron chi connectivity index (χ1n) is 14.8. The number of fused-ring (bicyclic) bond motifs is 6. The van der Waals surface area contributed by atoms with Crippen molar-refractivity contribution in [1.82, 2.24) is 4.90 Å². The molecule has 2 fully saturated rings. The molecule has 3 heterocycles. The summed E-state index contributed by atoms with van der Waals surface area (Å²) in [6, 6.07) is 12.1. The van der Waals surface area contributed by atoms with Gasteiger partial charge >= 0.3 is 17.9 Å². The van der Waals surface area contributed by atoms with Gasteiger partial charge in [0.25, 0.3) is 0 Å². The highest BCUT2D eigenvalue weighted by Gasteiger charge is 2.51. The van der Waals surface area contributed by atoms with Gasteiger partial charge in [0.2, 0.25) is 0 Å². The van der Waals surface area contributed by atoms with Crippen molar-refractivity contribution in [3.8, 4) is 22.6 Å². The van der Waals surface area contributed by atoms with Gasteiger partial charge in [-0.15, -0.1) is 0 Å². The number of methoxy groups -OCH3 is 2. The van der Waals surface area contributed by atoms with Crippen molar-refractivity contribution in [2.45, 2.75) is 102 Å². The molecule has 0 radical (unpaired) electrons. The van der Waals surface area contributed by atoms with E-state index in [1.54, 1.807) is 14.2 Å². The number of piperidine rings is 2. The predicted molar refractivity (Wildman–Crippen MR) is 155 cm³/mol. The Bertz CT molecular complexity index is 1330. The largest absolute Gasteiger partial charge is 0.496 e. The van der Waals surface area contributed by atoms with Gasteiger partial charge in [-0.3, -0.25) is 19.3 Å². The zero-order valence-corrected chi connectivity index (χ0v) is 25.1. The van der Waals surface area contributed by atoms with Crippen LogP contribution in [0.15, 0.2) is 36.4 Å². The van der Waals surface area contributed by atoms with E-state index < -0.39 is 24.1 Å².